The summed E-state index contributed by atoms with van der Waals surface area (Å²) in [4.78, 5) is 15.2. The van der Waals surface area contributed by atoms with E-state index in [1.807, 2.05) is 0 Å². The number of hydrogen-bond donors (Lipinski definition) is 0. The molecule has 0 aliphatic heterocycles. The predicted octanol–water partition coefficient (Wildman–Crippen LogP) is 2.40. The van der Waals surface area contributed by atoms with Crippen molar-refractivity contribution < 1.29 is 8.81 Å². The summed E-state index contributed by atoms with van der Waals surface area (Å²) in [7, 11) is 0. The van der Waals surface area contributed by atoms with Crippen molar-refractivity contribution in [2.24, 2.45) is 0 Å². The van der Waals surface area contributed by atoms with Gasteiger partial charge in [0.15, 0.2) is 5.89 Å². The summed E-state index contributed by atoms with van der Waals surface area (Å²) in [5.41, 5.74) is -0.201. The molecule has 0 fully saturated rings. The fourth-order valence-corrected chi connectivity index (χ4v) is 1.52. The van der Waals surface area contributed by atoms with Gasteiger partial charge in [-0.3, -0.25) is 0 Å². The van der Waals surface area contributed by atoms with Gasteiger partial charge in [0.2, 0.25) is 0 Å². The molecule has 0 amide bonds. The van der Waals surface area contributed by atoms with Crippen molar-refractivity contribution in [2.75, 3.05) is 0 Å². The highest BCUT2D eigenvalue weighted by Gasteiger charge is 2.07. The Hall–Kier alpha value is -1.23. The standard InChI is InChI=1S/C9H5BrFNO2/c1-4-12-8-3-7(11)6(10)2-5(8)9(13)14-4/h2-3H,1H3. The van der Waals surface area contributed by atoms with Crippen molar-refractivity contribution in [1.82, 2.24) is 4.98 Å². The maximum atomic E-state index is 13.1. The van der Waals surface area contributed by atoms with Crippen molar-refractivity contribution in [2.45, 2.75) is 6.92 Å². The highest BCUT2D eigenvalue weighted by Crippen LogP contribution is 2.19. The number of halogens is 2. The van der Waals surface area contributed by atoms with Gasteiger partial charge in [-0.15, -0.1) is 0 Å². The van der Waals surface area contributed by atoms with Gasteiger partial charge in [-0.25, -0.2) is 14.2 Å². The largest absolute Gasteiger partial charge is 0.408 e. The molecular formula is C9H5BrFNO2. The summed E-state index contributed by atoms with van der Waals surface area (Å²) in [6, 6.07) is 2.56. The Bertz CT molecular complexity index is 564. The summed E-state index contributed by atoms with van der Waals surface area (Å²) >= 11 is 2.99. The highest BCUT2D eigenvalue weighted by atomic mass is 79.9. The van der Waals surface area contributed by atoms with E-state index in [0.29, 0.717) is 5.52 Å². The van der Waals surface area contributed by atoms with E-state index in [9.17, 15) is 9.18 Å². The lowest BCUT2D eigenvalue weighted by molar-refractivity contribution is 0.466. The summed E-state index contributed by atoms with van der Waals surface area (Å²) in [5, 5.41) is 0.267. The van der Waals surface area contributed by atoms with E-state index < -0.39 is 11.4 Å². The normalized spacial score (nSPS) is 10.8. The molecule has 0 N–H and O–H groups in total. The number of rotatable bonds is 0. The molecule has 0 saturated carbocycles. The second-order valence-electron chi connectivity index (χ2n) is 2.80. The molecule has 0 aliphatic carbocycles. The van der Waals surface area contributed by atoms with Crippen LogP contribution in [-0.2, 0) is 0 Å². The zero-order valence-electron chi connectivity index (χ0n) is 7.17. The number of hydrogen-bond acceptors (Lipinski definition) is 3. The van der Waals surface area contributed by atoms with Crippen LogP contribution in [0.25, 0.3) is 10.9 Å². The predicted molar refractivity (Wildman–Crippen MR) is 52.7 cm³/mol. The van der Waals surface area contributed by atoms with E-state index in [-0.39, 0.29) is 15.7 Å². The van der Waals surface area contributed by atoms with Gasteiger partial charge in [0.25, 0.3) is 0 Å². The van der Waals surface area contributed by atoms with Crippen molar-refractivity contribution >= 4 is 26.8 Å². The molecule has 5 heteroatoms. The topological polar surface area (TPSA) is 43.1 Å². The number of aryl methyl sites for hydroxylation is 1. The van der Waals surface area contributed by atoms with Crippen molar-refractivity contribution in [1.29, 1.82) is 0 Å². The van der Waals surface area contributed by atoms with Gasteiger partial charge in [-0.2, -0.15) is 0 Å². The van der Waals surface area contributed by atoms with Crippen LogP contribution < -0.4 is 5.63 Å². The van der Waals surface area contributed by atoms with Crippen molar-refractivity contribution in [3.63, 3.8) is 0 Å². The first-order valence-corrected chi connectivity index (χ1v) is 4.64. The van der Waals surface area contributed by atoms with Crippen molar-refractivity contribution in [3.8, 4) is 0 Å². The molecule has 0 bridgehead atoms. The quantitative estimate of drug-likeness (QED) is 0.728. The Morgan fingerprint density at radius 3 is 2.93 bits per heavy atom. The zero-order chi connectivity index (χ0) is 10.3. The first-order chi connectivity index (χ1) is 6.58. The Morgan fingerprint density at radius 1 is 1.50 bits per heavy atom. The second-order valence-corrected chi connectivity index (χ2v) is 3.66. The second kappa shape index (κ2) is 3.16. The number of benzene rings is 1. The first-order valence-electron chi connectivity index (χ1n) is 3.84. The lowest BCUT2D eigenvalue weighted by atomic mass is 10.2. The summed E-state index contributed by atoms with van der Waals surface area (Å²) in [5.74, 6) is -0.223. The minimum Gasteiger partial charge on any atom is -0.408 e. The fourth-order valence-electron chi connectivity index (χ4n) is 1.17. The van der Waals surface area contributed by atoms with E-state index in [4.69, 9.17) is 4.42 Å². The lowest BCUT2D eigenvalue weighted by Crippen LogP contribution is -2.03. The van der Waals surface area contributed by atoms with Crippen LogP contribution >= 0.6 is 15.9 Å². The average Bonchev–Trinajstić information content (AvgIpc) is 2.08. The molecule has 0 aliphatic rings. The lowest BCUT2D eigenvalue weighted by Gasteiger charge is -1.98. The molecule has 0 radical (unpaired) electrons. The molecule has 0 unspecified atom stereocenters. The molecule has 0 saturated heterocycles. The van der Waals surface area contributed by atoms with Crippen LogP contribution in [0, 0.1) is 12.7 Å². The molecule has 0 atom stereocenters. The molecule has 0 spiro atoms. The van der Waals surface area contributed by atoms with Crippen LogP contribution in [0.5, 0.6) is 0 Å². The molecule has 2 rings (SSSR count). The van der Waals surface area contributed by atoms with Crippen LogP contribution in [0.3, 0.4) is 0 Å². The molecule has 1 aromatic carbocycles. The Morgan fingerprint density at radius 2 is 2.21 bits per heavy atom. The van der Waals surface area contributed by atoms with Gasteiger partial charge in [-0.1, -0.05) is 0 Å². The highest BCUT2D eigenvalue weighted by molar-refractivity contribution is 9.10. The van der Waals surface area contributed by atoms with Gasteiger partial charge in [0.05, 0.1) is 15.4 Å². The van der Waals surface area contributed by atoms with Gasteiger partial charge >= 0.3 is 5.63 Å². The third-order valence-corrected chi connectivity index (χ3v) is 2.38. The van der Waals surface area contributed by atoms with E-state index in [1.54, 1.807) is 6.92 Å². The average molecular weight is 258 g/mol. The smallest absolute Gasteiger partial charge is 0.346 e. The van der Waals surface area contributed by atoms with Crippen LogP contribution in [0.1, 0.15) is 5.89 Å². The molecule has 14 heavy (non-hydrogen) atoms. The number of fused-ring (bicyclic) bond motifs is 1. The molecule has 1 heterocycles. The molecule has 2 aromatic rings. The van der Waals surface area contributed by atoms with Crippen LogP contribution in [-0.4, -0.2) is 4.98 Å². The summed E-state index contributed by atoms with van der Waals surface area (Å²) < 4.78 is 18.1. The van der Waals surface area contributed by atoms with Gasteiger partial charge < -0.3 is 4.42 Å². The van der Waals surface area contributed by atoms with Crippen LogP contribution in [0.15, 0.2) is 25.8 Å². The molecule has 72 valence electrons. The maximum absolute atomic E-state index is 13.1. The summed E-state index contributed by atoms with van der Waals surface area (Å²) in [6.07, 6.45) is 0. The number of aromatic nitrogens is 1. The Kier molecular flexibility index (Phi) is 2.11. The summed E-state index contributed by atoms with van der Waals surface area (Å²) in [6.45, 7) is 1.54. The number of nitrogens with zero attached hydrogens (tertiary/aromatic N) is 1. The monoisotopic (exact) mass is 257 g/mol. The van der Waals surface area contributed by atoms with E-state index in [2.05, 4.69) is 20.9 Å². The third-order valence-electron chi connectivity index (χ3n) is 1.78. The molecular weight excluding hydrogens is 253 g/mol. The van der Waals surface area contributed by atoms with Crippen LogP contribution in [0.2, 0.25) is 0 Å². The van der Waals surface area contributed by atoms with E-state index in [0.717, 1.165) is 0 Å². The van der Waals surface area contributed by atoms with Gasteiger partial charge in [0, 0.05) is 13.0 Å². The maximum Gasteiger partial charge on any atom is 0.346 e. The Balaban J connectivity index is 2.96. The van der Waals surface area contributed by atoms with Gasteiger partial charge in [-0.05, 0) is 22.0 Å². The minimum atomic E-state index is -0.506. The SMILES string of the molecule is Cc1nc2cc(F)c(Br)cc2c(=O)o1. The van der Waals surface area contributed by atoms with E-state index >= 15 is 0 Å². The molecule has 3 nitrogen and oxygen atoms in total. The first kappa shape index (κ1) is 9.33. The van der Waals surface area contributed by atoms with Crippen LogP contribution in [0.4, 0.5) is 4.39 Å². The molecule has 1 aromatic heterocycles. The zero-order valence-corrected chi connectivity index (χ0v) is 8.76. The minimum absolute atomic E-state index is 0.225. The Labute approximate surface area is 86.7 Å². The van der Waals surface area contributed by atoms with Gasteiger partial charge in [0.1, 0.15) is 5.82 Å². The van der Waals surface area contributed by atoms with Crippen molar-refractivity contribution in [3.05, 3.63) is 38.7 Å². The third kappa shape index (κ3) is 1.43. The fraction of sp³-hybridized carbons (Fsp3) is 0.111. The van der Waals surface area contributed by atoms with E-state index in [1.165, 1.54) is 12.1 Å².